The summed E-state index contributed by atoms with van der Waals surface area (Å²) in [6.07, 6.45) is 50.6. The third-order valence-electron chi connectivity index (χ3n) is 12.3. The van der Waals surface area contributed by atoms with E-state index in [0.29, 0.717) is 0 Å². The van der Waals surface area contributed by atoms with Crippen LogP contribution in [0.15, 0.2) is 0 Å². The zero-order valence-corrected chi connectivity index (χ0v) is 41.6. The van der Waals surface area contributed by atoms with Crippen LogP contribution in [0.5, 0.6) is 0 Å². The molecule has 0 aromatic carbocycles. The normalized spacial score (nSPS) is 12.6. The fourth-order valence-corrected chi connectivity index (χ4v) is 23.7. The maximum atomic E-state index is 8.31. The summed E-state index contributed by atoms with van der Waals surface area (Å²) >= 11 is 0. The summed E-state index contributed by atoms with van der Waals surface area (Å²) in [7, 11) is -4.74. The summed E-state index contributed by atoms with van der Waals surface area (Å²) in [5, 5.41) is 0. The Bertz CT molecular complexity index is 633. The van der Waals surface area contributed by atoms with Crippen LogP contribution in [0.4, 0.5) is 0 Å². The molecule has 53 heavy (non-hydrogen) atoms. The van der Waals surface area contributed by atoms with Crippen LogP contribution in [-0.2, 0) is 8.23 Å². The quantitative estimate of drug-likeness (QED) is 0.0451. The minimum Gasteiger partial charge on any atom is -0.442 e. The lowest BCUT2D eigenvalue weighted by Crippen LogP contribution is -2.54. The highest BCUT2D eigenvalue weighted by molar-refractivity contribution is 6.86. The van der Waals surface area contributed by atoms with Gasteiger partial charge in [-0.25, -0.2) is 0 Å². The van der Waals surface area contributed by atoms with Crippen molar-refractivity contribution >= 4 is 26.6 Å². The molecule has 0 bridgehead atoms. The van der Waals surface area contributed by atoms with E-state index in [1.54, 1.807) is 0 Å². The minimum absolute atomic E-state index is 0.537. The van der Waals surface area contributed by atoms with Gasteiger partial charge in [-0.1, -0.05) is 273 Å². The number of hydrogen-bond donors (Lipinski definition) is 0. The zero-order valence-electron chi connectivity index (χ0n) is 38.2. The Hall–Kier alpha value is 0.571. The molecule has 0 radical (unpaired) electrons. The third-order valence-corrected chi connectivity index (χ3v) is 25.3. The van der Waals surface area contributed by atoms with E-state index in [4.69, 9.17) is 8.23 Å². The molecule has 0 aromatic heterocycles. The maximum Gasteiger partial charge on any atom is 0.317 e. The Morgan fingerprint density at radius 3 is 0.830 bits per heavy atom. The Kier molecular flexibility index (Phi) is 42.6. The molecular formula is C48H104O2Si3. The summed E-state index contributed by atoms with van der Waals surface area (Å²) in [5.41, 5.74) is 0. The molecule has 0 fully saturated rings. The van der Waals surface area contributed by atoms with E-state index in [1.807, 2.05) is 0 Å². The summed E-state index contributed by atoms with van der Waals surface area (Å²) in [6, 6.07) is 8.33. The van der Waals surface area contributed by atoms with Crippen molar-refractivity contribution in [1.29, 1.82) is 0 Å². The molecular weight excluding hydrogens is 693 g/mol. The zero-order chi connectivity index (χ0) is 38.8. The summed E-state index contributed by atoms with van der Waals surface area (Å²) < 4.78 is 16.0. The van der Waals surface area contributed by atoms with Crippen molar-refractivity contribution in [2.45, 2.75) is 309 Å². The Morgan fingerprint density at radius 2 is 0.528 bits per heavy atom. The first kappa shape index (κ1) is 53.6. The predicted molar refractivity (Wildman–Crippen MR) is 251 cm³/mol. The van der Waals surface area contributed by atoms with Crippen molar-refractivity contribution < 1.29 is 8.23 Å². The molecule has 0 aliphatic rings. The van der Waals surface area contributed by atoms with Gasteiger partial charge < -0.3 is 8.23 Å². The molecule has 0 saturated heterocycles. The molecule has 5 heteroatoms. The summed E-state index contributed by atoms with van der Waals surface area (Å²) in [5.74, 6) is 0. The second-order valence-electron chi connectivity index (χ2n) is 17.8. The summed E-state index contributed by atoms with van der Waals surface area (Å²) in [6.45, 7) is 14.1. The van der Waals surface area contributed by atoms with Crippen molar-refractivity contribution in [3.63, 3.8) is 0 Å². The molecule has 0 unspecified atom stereocenters. The second-order valence-corrected chi connectivity index (χ2v) is 27.5. The van der Waals surface area contributed by atoms with Crippen molar-refractivity contribution in [1.82, 2.24) is 0 Å². The lowest BCUT2D eigenvalue weighted by molar-refractivity contribution is 0.361. The molecule has 0 aliphatic carbocycles. The van der Waals surface area contributed by atoms with E-state index in [-0.39, 0.29) is 0 Å². The molecule has 0 N–H and O–H groups in total. The third kappa shape index (κ3) is 34.3. The van der Waals surface area contributed by atoms with Gasteiger partial charge in [0.25, 0.3) is 0 Å². The van der Waals surface area contributed by atoms with E-state index < -0.39 is 26.6 Å². The molecule has 320 valence electrons. The molecule has 0 saturated carbocycles. The SMILES string of the molecule is CCCCCCCC[SiH2]O[Si](CCCCCCCC)(CCCCCCCC)O[Si](CCCCCCCC)(CCCCCCCC)CCCCCCCC. The van der Waals surface area contributed by atoms with Gasteiger partial charge in [0.05, 0.1) is 0 Å². The van der Waals surface area contributed by atoms with Crippen LogP contribution in [0.25, 0.3) is 0 Å². The first-order chi connectivity index (χ1) is 26.1. The second kappa shape index (κ2) is 42.2. The molecule has 0 amide bonds. The highest BCUT2D eigenvalue weighted by Crippen LogP contribution is 2.38. The minimum atomic E-state index is -2.27. The van der Waals surface area contributed by atoms with Gasteiger partial charge in [0.2, 0.25) is 0 Å². The van der Waals surface area contributed by atoms with Gasteiger partial charge in [0.15, 0.2) is 8.32 Å². The van der Waals surface area contributed by atoms with Crippen LogP contribution >= 0.6 is 0 Å². The van der Waals surface area contributed by atoms with Gasteiger partial charge in [-0.2, -0.15) is 0 Å². The molecule has 0 rings (SSSR count). The van der Waals surface area contributed by atoms with E-state index >= 15 is 0 Å². The van der Waals surface area contributed by atoms with E-state index in [2.05, 4.69) is 41.5 Å². The number of unbranched alkanes of at least 4 members (excludes halogenated alkanes) is 30. The van der Waals surface area contributed by atoms with Crippen LogP contribution in [-0.4, -0.2) is 26.6 Å². The van der Waals surface area contributed by atoms with Crippen molar-refractivity contribution in [3.8, 4) is 0 Å². The highest BCUT2D eigenvalue weighted by Gasteiger charge is 2.45. The fraction of sp³-hybridized carbons (Fsp3) is 1.00. The molecule has 0 spiro atoms. The molecule has 0 heterocycles. The van der Waals surface area contributed by atoms with Crippen molar-refractivity contribution in [2.75, 3.05) is 0 Å². The first-order valence-corrected chi connectivity index (χ1v) is 31.7. The predicted octanol–water partition coefficient (Wildman–Crippen LogP) is 18.1. The highest BCUT2D eigenvalue weighted by atomic mass is 28.5. The Balaban J connectivity index is 6.35. The monoisotopic (exact) mass is 797 g/mol. The maximum absolute atomic E-state index is 8.31. The average molecular weight is 798 g/mol. The smallest absolute Gasteiger partial charge is 0.317 e. The Labute approximate surface area is 342 Å². The van der Waals surface area contributed by atoms with Crippen molar-refractivity contribution in [3.05, 3.63) is 0 Å². The Morgan fingerprint density at radius 1 is 0.283 bits per heavy atom. The van der Waals surface area contributed by atoms with Crippen LogP contribution in [0, 0.1) is 0 Å². The van der Waals surface area contributed by atoms with E-state index in [9.17, 15) is 0 Å². The number of hydrogen-bond acceptors (Lipinski definition) is 2. The molecule has 0 atom stereocenters. The van der Waals surface area contributed by atoms with Gasteiger partial charge in [-0.15, -0.1) is 0 Å². The van der Waals surface area contributed by atoms with Crippen LogP contribution in [0.2, 0.25) is 36.3 Å². The van der Waals surface area contributed by atoms with Gasteiger partial charge in [0, 0.05) is 0 Å². The van der Waals surface area contributed by atoms with Crippen LogP contribution in [0.1, 0.15) is 273 Å². The largest absolute Gasteiger partial charge is 0.442 e. The van der Waals surface area contributed by atoms with Gasteiger partial charge in [-0.3, -0.25) is 0 Å². The fourth-order valence-electron chi connectivity index (χ4n) is 8.67. The van der Waals surface area contributed by atoms with E-state index in [0.717, 1.165) is 0 Å². The summed E-state index contributed by atoms with van der Waals surface area (Å²) in [4.78, 5) is 0. The van der Waals surface area contributed by atoms with E-state index in [1.165, 1.54) is 267 Å². The standard InChI is InChI=1S/C48H104O2Si3/c1-7-13-19-25-31-37-43-51-49-53(47-41-35-29-23-17-11-5,48-42-36-30-24-18-12-6)50-52(44-38-32-26-20-14-8-2,45-39-33-27-21-15-9-3)46-40-34-28-22-16-10-4/h7-48,51H2,1-6H3. The van der Waals surface area contributed by atoms with Crippen LogP contribution < -0.4 is 0 Å². The lowest BCUT2D eigenvalue weighted by Gasteiger charge is -2.43. The topological polar surface area (TPSA) is 18.5 Å². The first-order valence-electron chi connectivity index (χ1n) is 25.4. The van der Waals surface area contributed by atoms with Crippen molar-refractivity contribution in [2.24, 2.45) is 0 Å². The lowest BCUT2D eigenvalue weighted by atomic mass is 10.1. The molecule has 2 nitrogen and oxygen atoms in total. The average Bonchev–Trinajstić information content (AvgIpc) is 3.16. The van der Waals surface area contributed by atoms with Gasteiger partial charge in [0.1, 0.15) is 9.76 Å². The van der Waals surface area contributed by atoms with Crippen LogP contribution in [0.3, 0.4) is 0 Å². The van der Waals surface area contributed by atoms with Gasteiger partial charge >= 0.3 is 8.56 Å². The number of rotatable bonds is 46. The van der Waals surface area contributed by atoms with Gasteiger partial charge in [-0.05, 0) is 36.3 Å². The molecule has 0 aromatic rings. The molecule has 0 aliphatic heterocycles.